The van der Waals surface area contributed by atoms with Crippen molar-refractivity contribution in [2.24, 2.45) is 0 Å². The molecule has 0 bridgehead atoms. The smallest absolute Gasteiger partial charge is 0.132 e. The highest BCUT2D eigenvalue weighted by atomic mass is 32.1. The van der Waals surface area contributed by atoms with Crippen LogP contribution in [-0.4, -0.2) is 15.0 Å². The summed E-state index contributed by atoms with van der Waals surface area (Å²) in [5.74, 6) is 1.49. The molecule has 0 aliphatic heterocycles. The van der Waals surface area contributed by atoms with Gasteiger partial charge < -0.3 is 5.32 Å². The van der Waals surface area contributed by atoms with Gasteiger partial charge in [0, 0.05) is 18.0 Å². The third kappa shape index (κ3) is 3.84. The molecule has 0 radical (unpaired) electrons. The minimum absolute atomic E-state index is 0.624. The molecule has 4 rings (SSSR count). The molecule has 3 heterocycles. The molecule has 27 heavy (non-hydrogen) atoms. The third-order valence-electron chi connectivity index (χ3n) is 3.92. The van der Waals surface area contributed by atoms with Crippen molar-refractivity contribution in [2.75, 3.05) is 5.32 Å². The van der Waals surface area contributed by atoms with E-state index in [1.807, 2.05) is 61.7 Å². The molecule has 0 amide bonds. The minimum Gasteiger partial charge on any atom is -0.325 e. The van der Waals surface area contributed by atoms with E-state index >= 15 is 0 Å². The normalized spacial score (nSPS) is 10.4. The van der Waals surface area contributed by atoms with Crippen LogP contribution in [0.1, 0.15) is 11.1 Å². The van der Waals surface area contributed by atoms with Crippen molar-refractivity contribution >= 4 is 23.0 Å². The molecule has 130 valence electrons. The van der Waals surface area contributed by atoms with E-state index < -0.39 is 0 Å². The lowest BCUT2D eigenvalue weighted by atomic mass is 10.1. The van der Waals surface area contributed by atoms with Gasteiger partial charge in [-0.3, -0.25) is 0 Å². The lowest BCUT2D eigenvalue weighted by molar-refractivity contribution is 1.24. The predicted molar refractivity (Wildman–Crippen MR) is 108 cm³/mol. The molecule has 0 aliphatic carbocycles. The molecule has 3 aromatic heterocycles. The lowest BCUT2D eigenvalue weighted by Gasteiger charge is -2.06. The van der Waals surface area contributed by atoms with Gasteiger partial charge in [0.2, 0.25) is 0 Å². The van der Waals surface area contributed by atoms with Crippen LogP contribution >= 0.6 is 11.3 Å². The van der Waals surface area contributed by atoms with Gasteiger partial charge in [-0.25, -0.2) is 15.0 Å². The lowest BCUT2D eigenvalue weighted by Crippen LogP contribution is -1.96. The summed E-state index contributed by atoms with van der Waals surface area (Å²) < 4.78 is 0. The number of aryl methyl sites for hydroxylation is 1. The second kappa shape index (κ2) is 7.36. The molecule has 0 saturated carbocycles. The first-order valence-corrected chi connectivity index (χ1v) is 9.16. The summed E-state index contributed by atoms with van der Waals surface area (Å²) in [4.78, 5) is 14.5. The first-order valence-electron chi connectivity index (χ1n) is 8.35. The van der Waals surface area contributed by atoms with Crippen molar-refractivity contribution in [1.29, 1.82) is 5.26 Å². The van der Waals surface area contributed by atoms with Crippen LogP contribution in [0.25, 0.3) is 21.1 Å². The van der Waals surface area contributed by atoms with E-state index in [1.165, 1.54) is 0 Å². The van der Waals surface area contributed by atoms with Gasteiger partial charge in [-0.2, -0.15) is 5.26 Å². The standard InChI is InChI=1S/C21H15N5S/c1-14-8-9-23-20(10-14)26-19-7-3-6-17(25-19)18-13-24-21(27-18)16-5-2-4-15(11-16)12-22/h2-11,13H,1H3,(H,23,25,26). The molecule has 6 heteroatoms. The monoisotopic (exact) mass is 369 g/mol. The Morgan fingerprint density at radius 3 is 2.74 bits per heavy atom. The van der Waals surface area contributed by atoms with Crippen LogP contribution in [0.2, 0.25) is 0 Å². The van der Waals surface area contributed by atoms with Crippen LogP contribution in [0.4, 0.5) is 11.6 Å². The highest BCUT2D eigenvalue weighted by molar-refractivity contribution is 7.18. The van der Waals surface area contributed by atoms with E-state index in [-0.39, 0.29) is 0 Å². The number of anilines is 2. The van der Waals surface area contributed by atoms with Gasteiger partial charge in [-0.05, 0) is 48.9 Å². The number of pyridine rings is 2. The van der Waals surface area contributed by atoms with Crippen molar-refractivity contribution in [3.8, 4) is 27.2 Å². The van der Waals surface area contributed by atoms with Gasteiger partial charge in [0.05, 0.1) is 22.2 Å². The first kappa shape index (κ1) is 16.9. The van der Waals surface area contributed by atoms with Crippen LogP contribution in [0, 0.1) is 18.3 Å². The number of benzene rings is 1. The van der Waals surface area contributed by atoms with Crippen LogP contribution < -0.4 is 5.32 Å². The predicted octanol–water partition coefficient (Wildman–Crippen LogP) is 5.19. The van der Waals surface area contributed by atoms with Gasteiger partial charge in [0.25, 0.3) is 0 Å². The van der Waals surface area contributed by atoms with Crippen LogP contribution in [0.5, 0.6) is 0 Å². The fourth-order valence-corrected chi connectivity index (χ4v) is 3.51. The zero-order valence-electron chi connectivity index (χ0n) is 14.5. The average molecular weight is 369 g/mol. The number of hydrogen-bond acceptors (Lipinski definition) is 6. The molecule has 0 unspecified atom stereocenters. The molecule has 1 aromatic carbocycles. The Kier molecular flexibility index (Phi) is 4.60. The highest BCUT2D eigenvalue weighted by Crippen LogP contribution is 2.32. The van der Waals surface area contributed by atoms with E-state index in [2.05, 4.69) is 26.3 Å². The molecule has 0 atom stereocenters. The van der Waals surface area contributed by atoms with Crippen LogP contribution in [-0.2, 0) is 0 Å². The second-order valence-corrected chi connectivity index (χ2v) is 7.00. The number of hydrogen-bond donors (Lipinski definition) is 1. The second-order valence-electron chi connectivity index (χ2n) is 5.97. The Hall–Kier alpha value is -3.56. The SMILES string of the molecule is Cc1ccnc(Nc2cccc(-c3cnc(-c4cccc(C#N)c4)s3)n2)c1. The zero-order valence-corrected chi connectivity index (χ0v) is 15.4. The third-order valence-corrected chi connectivity index (χ3v) is 4.99. The van der Waals surface area contributed by atoms with Crippen molar-refractivity contribution < 1.29 is 0 Å². The molecule has 0 fully saturated rings. The summed E-state index contributed by atoms with van der Waals surface area (Å²) in [6.07, 6.45) is 3.59. The topological polar surface area (TPSA) is 74.5 Å². The molecule has 5 nitrogen and oxygen atoms in total. The van der Waals surface area contributed by atoms with E-state index in [9.17, 15) is 0 Å². The number of nitrogens with zero attached hydrogens (tertiary/aromatic N) is 4. The fraction of sp³-hybridized carbons (Fsp3) is 0.0476. The molecule has 0 aliphatic rings. The Morgan fingerprint density at radius 1 is 1.00 bits per heavy atom. The fourth-order valence-electron chi connectivity index (χ4n) is 2.63. The highest BCUT2D eigenvalue weighted by Gasteiger charge is 2.09. The largest absolute Gasteiger partial charge is 0.325 e. The maximum absolute atomic E-state index is 9.07. The number of nitrogens with one attached hydrogen (secondary N) is 1. The maximum Gasteiger partial charge on any atom is 0.132 e. The zero-order chi connectivity index (χ0) is 18.6. The summed E-state index contributed by atoms with van der Waals surface area (Å²) in [7, 11) is 0. The quantitative estimate of drug-likeness (QED) is 0.536. The Balaban J connectivity index is 1.61. The molecular weight excluding hydrogens is 354 g/mol. The summed E-state index contributed by atoms with van der Waals surface area (Å²) in [5.41, 5.74) is 3.53. The molecule has 0 spiro atoms. The van der Waals surface area contributed by atoms with Gasteiger partial charge in [-0.1, -0.05) is 18.2 Å². The summed E-state index contributed by atoms with van der Waals surface area (Å²) in [5, 5.41) is 13.2. The molecule has 4 aromatic rings. The van der Waals surface area contributed by atoms with Gasteiger partial charge in [0.1, 0.15) is 16.6 Å². The number of nitriles is 1. The van der Waals surface area contributed by atoms with Gasteiger partial charge in [0.15, 0.2) is 0 Å². The van der Waals surface area contributed by atoms with Crippen LogP contribution in [0.3, 0.4) is 0 Å². The first-order chi connectivity index (χ1) is 13.2. The number of aromatic nitrogens is 3. The maximum atomic E-state index is 9.07. The molecule has 0 saturated heterocycles. The summed E-state index contributed by atoms with van der Waals surface area (Å²) >= 11 is 1.55. The summed E-state index contributed by atoms with van der Waals surface area (Å²) in [6, 6.07) is 19.4. The van der Waals surface area contributed by atoms with E-state index in [4.69, 9.17) is 5.26 Å². The van der Waals surface area contributed by atoms with Crippen molar-refractivity contribution in [3.05, 3.63) is 78.1 Å². The number of thiazole rings is 1. The Bertz CT molecular complexity index is 1140. The van der Waals surface area contributed by atoms with E-state index in [1.54, 1.807) is 23.6 Å². The molecule has 1 N–H and O–H groups in total. The van der Waals surface area contributed by atoms with Gasteiger partial charge in [-0.15, -0.1) is 11.3 Å². The van der Waals surface area contributed by atoms with Gasteiger partial charge >= 0.3 is 0 Å². The summed E-state index contributed by atoms with van der Waals surface area (Å²) in [6.45, 7) is 2.02. The van der Waals surface area contributed by atoms with Crippen LogP contribution in [0.15, 0.2) is 67.0 Å². The van der Waals surface area contributed by atoms with Crippen molar-refractivity contribution in [2.45, 2.75) is 6.92 Å². The van der Waals surface area contributed by atoms with Crippen molar-refractivity contribution in [3.63, 3.8) is 0 Å². The average Bonchev–Trinajstić information content (AvgIpc) is 3.19. The van der Waals surface area contributed by atoms with Crippen molar-refractivity contribution in [1.82, 2.24) is 15.0 Å². The van der Waals surface area contributed by atoms with E-state index in [0.29, 0.717) is 5.56 Å². The Labute approximate surface area is 161 Å². The minimum atomic E-state index is 0.624. The number of rotatable bonds is 4. The van der Waals surface area contributed by atoms with E-state index in [0.717, 1.165) is 38.3 Å². The Morgan fingerprint density at radius 2 is 1.89 bits per heavy atom. The molecular formula is C21H15N5S.